The third-order valence-electron chi connectivity index (χ3n) is 7.57. The van der Waals surface area contributed by atoms with Crippen LogP contribution < -0.4 is 5.73 Å². The van der Waals surface area contributed by atoms with Crippen molar-refractivity contribution >= 4 is 19.8 Å². The van der Waals surface area contributed by atoms with Gasteiger partial charge in [0.1, 0.15) is 6.61 Å². The van der Waals surface area contributed by atoms with E-state index in [0.717, 1.165) is 77.0 Å². The fourth-order valence-electron chi connectivity index (χ4n) is 4.67. The number of allylic oxidation sites excluding steroid dienone is 15. The van der Waals surface area contributed by atoms with E-state index < -0.39 is 38.6 Å². The molecule has 0 aromatic rings. The van der Waals surface area contributed by atoms with Crippen LogP contribution in [-0.4, -0.2) is 60.5 Å². The highest BCUT2D eigenvalue weighted by molar-refractivity contribution is 7.47. The Morgan fingerprint density at radius 2 is 1.19 bits per heavy atom. The van der Waals surface area contributed by atoms with E-state index >= 15 is 0 Å². The van der Waals surface area contributed by atoms with Crippen LogP contribution >= 0.6 is 7.82 Å². The van der Waals surface area contributed by atoms with Crippen LogP contribution in [0.2, 0.25) is 0 Å². The van der Waals surface area contributed by atoms with Gasteiger partial charge in [0.15, 0.2) is 6.10 Å². The summed E-state index contributed by atoms with van der Waals surface area (Å²) in [6.07, 6.45) is 44.7. The summed E-state index contributed by atoms with van der Waals surface area (Å²) in [5.41, 5.74) is 5.32. The summed E-state index contributed by atoms with van der Waals surface area (Å²) in [5.74, 6) is -1.07. The van der Waals surface area contributed by atoms with Gasteiger partial charge in [0, 0.05) is 19.4 Å². The van der Waals surface area contributed by atoms with Gasteiger partial charge >= 0.3 is 19.8 Å². The second-order valence-corrected chi connectivity index (χ2v) is 14.0. The molecule has 4 N–H and O–H groups in total. The van der Waals surface area contributed by atoms with Gasteiger partial charge in [-0.1, -0.05) is 130 Å². The Morgan fingerprint density at radius 1 is 0.648 bits per heavy atom. The number of aliphatic hydroxyl groups excluding tert-OH is 1. The van der Waals surface area contributed by atoms with Crippen molar-refractivity contribution < 1.29 is 42.7 Å². The Bertz CT molecular complexity index is 1220. The number of nitrogens with two attached hydrogens (primary N) is 1. The van der Waals surface area contributed by atoms with Gasteiger partial charge in [-0.25, -0.2) is 4.57 Å². The first-order valence-electron chi connectivity index (χ1n) is 19.8. The van der Waals surface area contributed by atoms with Crippen LogP contribution in [-0.2, 0) is 32.7 Å². The lowest BCUT2D eigenvalue weighted by atomic mass is 10.1. The zero-order valence-electron chi connectivity index (χ0n) is 33.0. The third-order valence-corrected chi connectivity index (χ3v) is 8.55. The molecule has 0 bridgehead atoms. The van der Waals surface area contributed by atoms with E-state index in [0.29, 0.717) is 19.3 Å². The van der Waals surface area contributed by atoms with Crippen molar-refractivity contribution in [2.24, 2.45) is 5.73 Å². The standard InChI is InChI=1S/C43H70NO9P/c1-3-5-7-9-11-13-15-17-18-20-22-24-26-28-30-34-42(46)50-38-41(39-52-54(48,49)51-37-36-44)53-43(47)35-31-33-40(45)32-29-27-25-23-21-19-16-14-12-10-8-6-4-2/h5-8,11-14,17-19,21,25,27,29,32,40-41,45H,3-4,9-10,15-16,20,22-24,26,28,30-31,33-39,44H2,1-2H3,(H,48,49)/b7-5-,8-6-,13-11-,14-12-,18-17-,21-19-,27-25-,32-29+/t40?,41-/m1/s1. The number of carbonyl (C=O) groups is 2. The van der Waals surface area contributed by atoms with Crippen LogP contribution in [0.15, 0.2) is 97.2 Å². The molecule has 0 saturated carbocycles. The largest absolute Gasteiger partial charge is 0.472 e. The molecular formula is C43H70NO9P. The van der Waals surface area contributed by atoms with Gasteiger partial charge in [-0.2, -0.15) is 0 Å². The highest BCUT2D eigenvalue weighted by atomic mass is 31.2. The maximum absolute atomic E-state index is 12.6. The van der Waals surface area contributed by atoms with Crippen molar-refractivity contribution in [3.8, 4) is 0 Å². The fourth-order valence-corrected chi connectivity index (χ4v) is 5.44. The van der Waals surface area contributed by atoms with E-state index in [9.17, 15) is 24.2 Å². The molecule has 0 saturated heterocycles. The topological polar surface area (TPSA) is 155 Å². The number of rotatable bonds is 35. The highest BCUT2D eigenvalue weighted by Crippen LogP contribution is 2.43. The molecule has 11 heteroatoms. The molecule has 0 aliphatic heterocycles. The number of aliphatic hydroxyl groups is 1. The molecule has 3 atom stereocenters. The molecule has 0 aromatic carbocycles. The Morgan fingerprint density at radius 3 is 1.80 bits per heavy atom. The zero-order chi connectivity index (χ0) is 39.8. The lowest BCUT2D eigenvalue weighted by Crippen LogP contribution is -2.29. The van der Waals surface area contributed by atoms with Gasteiger partial charge in [-0.05, 0) is 77.0 Å². The summed E-state index contributed by atoms with van der Waals surface area (Å²) in [6.45, 7) is 3.22. The molecule has 0 aromatic heterocycles. The highest BCUT2D eigenvalue weighted by Gasteiger charge is 2.26. The van der Waals surface area contributed by atoms with Crippen molar-refractivity contribution in [2.45, 2.75) is 135 Å². The first-order chi connectivity index (χ1) is 26.2. The van der Waals surface area contributed by atoms with E-state index in [1.165, 1.54) is 0 Å². The number of esters is 2. The Hall–Kier alpha value is -3.11. The molecule has 54 heavy (non-hydrogen) atoms. The second-order valence-electron chi connectivity index (χ2n) is 12.6. The lowest BCUT2D eigenvalue weighted by Gasteiger charge is -2.20. The monoisotopic (exact) mass is 775 g/mol. The minimum absolute atomic E-state index is 0.0104. The number of ether oxygens (including phenoxy) is 2. The van der Waals surface area contributed by atoms with Crippen molar-refractivity contribution in [3.63, 3.8) is 0 Å². The lowest BCUT2D eigenvalue weighted by molar-refractivity contribution is -0.161. The SMILES string of the molecule is CC/C=C\C/C=C\C/C=C\C/C=C\C=C\C(O)CCCC(=O)O[C@H](COC(=O)CCCCCCC/C=C\C/C=C\C/C=C\CC)COP(=O)(O)OCCN. The summed E-state index contributed by atoms with van der Waals surface area (Å²) < 4.78 is 32.5. The Labute approximate surface area is 326 Å². The molecule has 0 heterocycles. The summed E-state index contributed by atoms with van der Waals surface area (Å²) in [5, 5.41) is 10.3. The molecule has 0 fully saturated rings. The zero-order valence-corrected chi connectivity index (χ0v) is 33.9. The molecule has 0 rings (SSSR count). The molecule has 0 radical (unpaired) electrons. The number of carbonyl (C=O) groups excluding carboxylic acids is 2. The van der Waals surface area contributed by atoms with Gasteiger partial charge in [0.05, 0.1) is 19.3 Å². The number of phosphoric acid groups is 1. The quantitative estimate of drug-likeness (QED) is 0.0186. The fraction of sp³-hybridized carbons (Fsp3) is 0.581. The molecule has 10 nitrogen and oxygen atoms in total. The van der Waals surface area contributed by atoms with Crippen LogP contribution in [0, 0.1) is 0 Å². The summed E-state index contributed by atoms with van der Waals surface area (Å²) in [6, 6.07) is 0. The van der Waals surface area contributed by atoms with Gasteiger partial charge in [-0.3, -0.25) is 18.6 Å². The Balaban J connectivity index is 4.47. The van der Waals surface area contributed by atoms with Crippen LogP contribution in [0.3, 0.4) is 0 Å². The van der Waals surface area contributed by atoms with Crippen molar-refractivity contribution in [2.75, 3.05) is 26.4 Å². The number of hydrogen-bond acceptors (Lipinski definition) is 9. The van der Waals surface area contributed by atoms with Gasteiger partial charge in [0.2, 0.25) is 0 Å². The second kappa shape index (κ2) is 38.2. The maximum atomic E-state index is 12.6. The summed E-state index contributed by atoms with van der Waals surface area (Å²) in [7, 11) is -4.44. The number of unbranched alkanes of at least 4 members (excludes halogenated alkanes) is 5. The minimum atomic E-state index is -4.44. The van der Waals surface area contributed by atoms with Crippen LogP contribution in [0.4, 0.5) is 0 Å². The van der Waals surface area contributed by atoms with Crippen LogP contribution in [0.25, 0.3) is 0 Å². The summed E-state index contributed by atoms with van der Waals surface area (Å²) >= 11 is 0. The van der Waals surface area contributed by atoms with E-state index in [4.69, 9.17) is 24.3 Å². The smallest absolute Gasteiger partial charge is 0.462 e. The molecule has 0 aliphatic rings. The van der Waals surface area contributed by atoms with E-state index in [1.54, 1.807) is 12.2 Å². The van der Waals surface area contributed by atoms with Crippen molar-refractivity contribution in [1.29, 1.82) is 0 Å². The van der Waals surface area contributed by atoms with Gasteiger partial charge in [-0.15, -0.1) is 0 Å². The predicted molar refractivity (Wildman–Crippen MR) is 221 cm³/mol. The first-order valence-corrected chi connectivity index (χ1v) is 21.3. The number of phosphoric ester groups is 1. The van der Waals surface area contributed by atoms with E-state index in [-0.39, 0.29) is 32.6 Å². The molecular weight excluding hydrogens is 705 g/mol. The molecule has 0 amide bonds. The maximum Gasteiger partial charge on any atom is 0.472 e. The van der Waals surface area contributed by atoms with Gasteiger partial charge in [0.25, 0.3) is 0 Å². The normalized spacial score (nSPS) is 15.0. The average Bonchev–Trinajstić information content (AvgIpc) is 3.15. The minimum Gasteiger partial charge on any atom is -0.462 e. The summed E-state index contributed by atoms with van der Waals surface area (Å²) in [4.78, 5) is 34.8. The molecule has 0 aliphatic carbocycles. The van der Waals surface area contributed by atoms with E-state index in [2.05, 4.69) is 86.8 Å². The van der Waals surface area contributed by atoms with Gasteiger partial charge < -0.3 is 25.2 Å². The molecule has 306 valence electrons. The van der Waals surface area contributed by atoms with Crippen molar-refractivity contribution in [1.82, 2.24) is 0 Å². The predicted octanol–water partition coefficient (Wildman–Crippen LogP) is 10.0. The molecule has 0 spiro atoms. The van der Waals surface area contributed by atoms with Crippen LogP contribution in [0.5, 0.6) is 0 Å². The third kappa shape index (κ3) is 37.2. The first kappa shape index (κ1) is 50.9. The van der Waals surface area contributed by atoms with Crippen molar-refractivity contribution in [3.05, 3.63) is 97.2 Å². The average molecular weight is 776 g/mol. The van der Waals surface area contributed by atoms with E-state index in [1.807, 2.05) is 12.2 Å². The Kier molecular flexibility index (Phi) is 36.0. The van der Waals surface area contributed by atoms with Crippen LogP contribution in [0.1, 0.15) is 123 Å². The molecule has 2 unspecified atom stereocenters. The number of hydrogen-bond donors (Lipinski definition) is 3.